The van der Waals surface area contributed by atoms with E-state index < -0.39 is 0 Å². The van der Waals surface area contributed by atoms with E-state index in [1.807, 2.05) is 24.3 Å². The van der Waals surface area contributed by atoms with Crippen LogP contribution >= 0.6 is 15.9 Å². The van der Waals surface area contributed by atoms with Gasteiger partial charge in [0.15, 0.2) is 0 Å². The number of hydrogen-bond donors (Lipinski definition) is 3. The summed E-state index contributed by atoms with van der Waals surface area (Å²) in [5.41, 5.74) is 6.58. The van der Waals surface area contributed by atoms with E-state index in [1.54, 1.807) is 7.11 Å². The van der Waals surface area contributed by atoms with Crippen molar-refractivity contribution < 1.29 is 4.74 Å². The van der Waals surface area contributed by atoms with E-state index in [1.165, 1.54) is 0 Å². The summed E-state index contributed by atoms with van der Waals surface area (Å²) in [6.07, 6.45) is 1.01. The number of methoxy groups -OCH3 is 1. The largest absolute Gasteiger partial charge is 0.497 e. The molecule has 1 aromatic heterocycles. The third-order valence-corrected chi connectivity index (χ3v) is 3.43. The van der Waals surface area contributed by atoms with Crippen molar-refractivity contribution in [2.45, 2.75) is 13.3 Å². The highest BCUT2D eigenvalue weighted by molar-refractivity contribution is 9.10. The minimum absolute atomic E-state index is 0.220. The van der Waals surface area contributed by atoms with Crippen LogP contribution in [0.15, 0.2) is 28.7 Å². The van der Waals surface area contributed by atoms with E-state index in [0.29, 0.717) is 11.6 Å². The van der Waals surface area contributed by atoms with E-state index in [0.717, 1.165) is 28.9 Å². The predicted molar refractivity (Wildman–Crippen MR) is 89.2 cm³/mol. The number of hydrogen-bond acceptors (Lipinski definition) is 6. The Balaban J connectivity index is 2.24. The number of nitrogen functional groups attached to an aromatic ring is 1. The molecule has 21 heavy (non-hydrogen) atoms. The number of halogens is 1. The fourth-order valence-corrected chi connectivity index (χ4v) is 2.08. The summed E-state index contributed by atoms with van der Waals surface area (Å²) in [5.74, 6) is 2.30. The van der Waals surface area contributed by atoms with Gasteiger partial charge in [-0.1, -0.05) is 6.92 Å². The minimum Gasteiger partial charge on any atom is -0.497 e. The lowest BCUT2D eigenvalue weighted by atomic mass is 10.3. The van der Waals surface area contributed by atoms with Crippen molar-refractivity contribution in [3.05, 3.63) is 28.7 Å². The number of anilines is 4. The molecule has 0 saturated heterocycles. The Bertz CT molecular complexity index is 620. The molecule has 0 aliphatic heterocycles. The fraction of sp³-hybridized carbons (Fsp3) is 0.286. The number of aromatic nitrogens is 2. The molecule has 4 N–H and O–H groups in total. The molecular weight excluding hydrogens is 334 g/mol. The monoisotopic (exact) mass is 351 g/mol. The quantitative estimate of drug-likeness (QED) is 0.739. The maximum absolute atomic E-state index is 5.74. The average Bonchev–Trinajstić information content (AvgIpc) is 2.47. The second kappa shape index (κ2) is 7.12. The molecule has 0 spiro atoms. The second-order valence-electron chi connectivity index (χ2n) is 4.39. The minimum atomic E-state index is 0.220. The molecule has 0 radical (unpaired) electrons. The number of nitrogens with one attached hydrogen (secondary N) is 2. The van der Waals surface area contributed by atoms with Crippen LogP contribution < -0.4 is 21.1 Å². The van der Waals surface area contributed by atoms with Crippen molar-refractivity contribution in [1.29, 1.82) is 0 Å². The van der Waals surface area contributed by atoms with E-state index in [4.69, 9.17) is 10.5 Å². The first-order valence-corrected chi connectivity index (χ1v) is 7.40. The molecule has 6 nitrogen and oxygen atoms in total. The van der Waals surface area contributed by atoms with E-state index >= 15 is 0 Å². The third kappa shape index (κ3) is 4.22. The molecule has 2 aromatic rings. The molecule has 0 saturated carbocycles. The molecular formula is C14H18BrN5O. The normalized spacial score (nSPS) is 10.2. The van der Waals surface area contributed by atoms with Gasteiger partial charge in [-0.05, 0) is 34.5 Å². The standard InChI is InChI=1S/C14H18BrN5O/c1-3-6-17-12-8-13(20-14(16)19-12)18-11-7-9(21-2)4-5-10(11)15/h4-5,7-8H,3,6H2,1-2H3,(H4,16,17,18,19,20). The predicted octanol–water partition coefficient (Wildman–Crippen LogP) is 3.40. The van der Waals surface area contributed by atoms with Gasteiger partial charge >= 0.3 is 0 Å². The Labute approximate surface area is 132 Å². The maximum atomic E-state index is 5.74. The van der Waals surface area contributed by atoms with E-state index in [-0.39, 0.29) is 5.95 Å². The highest BCUT2D eigenvalue weighted by Crippen LogP contribution is 2.29. The van der Waals surface area contributed by atoms with Crippen LogP contribution in [0, 0.1) is 0 Å². The zero-order valence-corrected chi connectivity index (χ0v) is 13.6. The van der Waals surface area contributed by atoms with Crippen LogP contribution in [-0.2, 0) is 0 Å². The fourth-order valence-electron chi connectivity index (χ4n) is 1.74. The lowest BCUT2D eigenvalue weighted by molar-refractivity contribution is 0.415. The first kappa shape index (κ1) is 15.4. The van der Waals surface area contributed by atoms with Crippen molar-refractivity contribution in [3.63, 3.8) is 0 Å². The van der Waals surface area contributed by atoms with E-state index in [2.05, 4.69) is 43.5 Å². The zero-order chi connectivity index (χ0) is 15.2. The topological polar surface area (TPSA) is 85.1 Å². The van der Waals surface area contributed by atoms with Crippen molar-refractivity contribution >= 4 is 39.2 Å². The number of nitrogens with zero attached hydrogens (tertiary/aromatic N) is 2. The van der Waals surface area contributed by atoms with Gasteiger partial charge in [0.25, 0.3) is 0 Å². The molecule has 7 heteroatoms. The van der Waals surface area contributed by atoms with Gasteiger partial charge in [-0.15, -0.1) is 0 Å². The highest BCUT2D eigenvalue weighted by Gasteiger charge is 2.06. The second-order valence-corrected chi connectivity index (χ2v) is 5.25. The average molecular weight is 352 g/mol. The maximum Gasteiger partial charge on any atom is 0.223 e. The lowest BCUT2D eigenvalue weighted by Gasteiger charge is -2.11. The number of benzene rings is 1. The van der Waals surface area contributed by atoms with Crippen LogP contribution in [0.5, 0.6) is 5.75 Å². The lowest BCUT2D eigenvalue weighted by Crippen LogP contribution is -2.07. The third-order valence-electron chi connectivity index (χ3n) is 2.74. The van der Waals surface area contributed by atoms with Gasteiger partial charge in [-0.25, -0.2) is 0 Å². The summed E-state index contributed by atoms with van der Waals surface area (Å²) in [7, 11) is 1.63. The van der Waals surface area contributed by atoms with Gasteiger partial charge in [0, 0.05) is 23.2 Å². The number of nitrogens with two attached hydrogens (primary N) is 1. The summed E-state index contributed by atoms with van der Waals surface area (Å²) >= 11 is 3.49. The Morgan fingerprint density at radius 3 is 2.71 bits per heavy atom. The molecule has 1 aromatic carbocycles. The van der Waals surface area contributed by atoms with Crippen molar-refractivity contribution in [2.75, 3.05) is 30.0 Å². The summed E-state index contributed by atoms with van der Waals surface area (Å²) in [5, 5.41) is 6.40. The van der Waals surface area contributed by atoms with Gasteiger partial charge in [0.2, 0.25) is 5.95 Å². The summed E-state index contributed by atoms with van der Waals surface area (Å²) < 4.78 is 6.12. The first-order chi connectivity index (χ1) is 10.1. The molecule has 0 aliphatic rings. The molecule has 0 unspecified atom stereocenters. The molecule has 0 amide bonds. The van der Waals surface area contributed by atoms with Gasteiger partial charge in [-0.2, -0.15) is 9.97 Å². The summed E-state index contributed by atoms with van der Waals surface area (Å²) in [4.78, 5) is 8.34. The number of rotatable bonds is 6. The van der Waals surface area contributed by atoms with Gasteiger partial charge < -0.3 is 21.1 Å². The van der Waals surface area contributed by atoms with Crippen molar-refractivity contribution in [1.82, 2.24) is 9.97 Å². The Morgan fingerprint density at radius 2 is 2.00 bits per heavy atom. The molecule has 0 fully saturated rings. The number of ether oxygens (including phenoxy) is 1. The van der Waals surface area contributed by atoms with Crippen LogP contribution in [0.3, 0.4) is 0 Å². The molecule has 112 valence electrons. The van der Waals surface area contributed by atoms with Gasteiger partial charge in [0.05, 0.1) is 12.8 Å². The molecule has 2 rings (SSSR count). The zero-order valence-electron chi connectivity index (χ0n) is 12.0. The Hall–Kier alpha value is -2.02. The molecule has 0 aliphatic carbocycles. The van der Waals surface area contributed by atoms with E-state index in [9.17, 15) is 0 Å². The van der Waals surface area contributed by atoms with Crippen LogP contribution in [-0.4, -0.2) is 23.6 Å². The Kier molecular flexibility index (Phi) is 5.21. The van der Waals surface area contributed by atoms with Crippen molar-refractivity contribution in [3.8, 4) is 5.75 Å². The highest BCUT2D eigenvalue weighted by atomic mass is 79.9. The molecule has 0 bridgehead atoms. The van der Waals surface area contributed by atoms with Crippen molar-refractivity contribution in [2.24, 2.45) is 0 Å². The van der Waals surface area contributed by atoms with Gasteiger partial charge in [0.1, 0.15) is 17.4 Å². The van der Waals surface area contributed by atoms with Crippen LogP contribution in [0.4, 0.5) is 23.3 Å². The smallest absolute Gasteiger partial charge is 0.223 e. The first-order valence-electron chi connectivity index (χ1n) is 6.61. The summed E-state index contributed by atoms with van der Waals surface area (Å²) in [6.45, 7) is 2.92. The van der Waals surface area contributed by atoms with Crippen LogP contribution in [0.2, 0.25) is 0 Å². The Morgan fingerprint density at radius 1 is 1.24 bits per heavy atom. The molecule has 0 atom stereocenters. The SMILES string of the molecule is CCCNc1cc(Nc2cc(OC)ccc2Br)nc(N)n1. The van der Waals surface area contributed by atoms with Crippen LogP contribution in [0.1, 0.15) is 13.3 Å². The van der Waals surface area contributed by atoms with Gasteiger partial charge in [-0.3, -0.25) is 0 Å². The summed E-state index contributed by atoms with van der Waals surface area (Å²) in [6, 6.07) is 7.47. The van der Waals surface area contributed by atoms with Crippen LogP contribution in [0.25, 0.3) is 0 Å². The molecule has 1 heterocycles.